The predicted molar refractivity (Wildman–Crippen MR) is 160 cm³/mol. The molecule has 47 heavy (non-hydrogen) atoms. The van der Waals surface area contributed by atoms with Crippen molar-refractivity contribution in [1.82, 2.24) is 0 Å². The van der Waals surface area contributed by atoms with Crippen LogP contribution >= 0.6 is 0 Å². The lowest BCUT2D eigenvalue weighted by Gasteiger charge is -2.52. The fraction of sp³-hybridized carbons (Fsp3) is 0.273. The van der Waals surface area contributed by atoms with Crippen LogP contribution in [0.1, 0.15) is 34.3 Å². The molecule has 1 aliphatic carbocycles. The lowest BCUT2D eigenvalue weighted by atomic mass is 9.63. The molecule has 0 radical (unpaired) electrons. The Labute approximate surface area is 267 Å². The monoisotopic (exact) mass is 652 g/mol. The van der Waals surface area contributed by atoms with Gasteiger partial charge in [0.25, 0.3) is 0 Å². The Morgan fingerprint density at radius 3 is 2.11 bits per heavy atom. The van der Waals surface area contributed by atoms with E-state index in [0.717, 1.165) is 42.5 Å². The fourth-order valence-electron chi connectivity index (χ4n) is 5.47. The van der Waals surface area contributed by atoms with Gasteiger partial charge < -0.3 is 50.3 Å². The van der Waals surface area contributed by atoms with Crippen LogP contribution < -0.4 is 0 Å². The molecule has 4 rings (SSSR count). The van der Waals surface area contributed by atoms with Crippen molar-refractivity contribution in [3.63, 3.8) is 0 Å². The molecule has 14 nitrogen and oxygen atoms in total. The molecule has 3 aromatic carbocycles. The molecule has 5 unspecified atom stereocenters. The molecule has 8 N–H and O–H groups in total. The number of phenolic OH excluding ortho intramolecular Hbond substituents is 4. The zero-order valence-electron chi connectivity index (χ0n) is 24.6. The third-order valence-corrected chi connectivity index (χ3v) is 8.01. The van der Waals surface area contributed by atoms with Crippen molar-refractivity contribution in [3.05, 3.63) is 89.5 Å². The summed E-state index contributed by atoms with van der Waals surface area (Å²) in [5.41, 5.74) is -4.89. The van der Waals surface area contributed by atoms with Crippen molar-refractivity contribution in [3.8, 4) is 23.0 Å². The maximum absolute atomic E-state index is 13.2. The standard InChI is InChI=1S/C33H32O14/c34-17-33(47-28(41)11-7-19-6-9-22(35)25(38)13-19)27(40)16-32(45,31(43)44)21(12-18-4-2-1-3-5-18)30(33)46-29(42)15-24(37)20-8-10-23(36)26(39)14-20/h1-11,13-14,21,27,30,34-36,38-40,45H,12,15-17H2,(H,43,44). The number of phenols is 4. The first-order valence-corrected chi connectivity index (χ1v) is 14.2. The van der Waals surface area contributed by atoms with Gasteiger partial charge >= 0.3 is 17.9 Å². The van der Waals surface area contributed by atoms with Crippen LogP contribution in [0.15, 0.2) is 72.8 Å². The summed E-state index contributed by atoms with van der Waals surface area (Å²) in [6, 6.07) is 14.7. The Balaban J connectivity index is 1.74. The Morgan fingerprint density at radius 2 is 1.51 bits per heavy atom. The van der Waals surface area contributed by atoms with Gasteiger partial charge in [0, 0.05) is 24.0 Å². The summed E-state index contributed by atoms with van der Waals surface area (Å²) < 4.78 is 11.1. The molecule has 5 atom stereocenters. The van der Waals surface area contributed by atoms with Crippen LogP contribution in [0, 0.1) is 5.92 Å². The molecule has 1 saturated carbocycles. The summed E-state index contributed by atoms with van der Waals surface area (Å²) in [6.45, 7) is -1.23. The number of esters is 2. The minimum absolute atomic E-state index is 0.200. The zero-order valence-corrected chi connectivity index (χ0v) is 24.6. The van der Waals surface area contributed by atoms with Crippen molar-refractivity contribution in [1.29, 1.82) is 0 Å². The van der Waals surface area contributed by atoms with Crippen LogP contribution in [0.5, 0.6) is 23.0 Å². The smallest absolute Gasteiger partial charge is 0.336 e. The number of hydrogen-bond acceptors (Lipinski definition) is 13. The summed E-state index contributed by atoms with van der Waals surface area (Å²) in [6.07, 6.45) is -4.50. The van der Waals surface area contributed by atoms with Gasteiger partial charge in [-0.15, -0.1) is 0 Å². The molecule has 1 aliphatic rings. The number of aliphatic carboxylic acids is 1. The number of rotatable bonds is 11. The number of hydrogen-bond donors (Lipinski definition) is 8. The molecule has 0 spiro atoms. The van der Waals surface area contributed by atoms with Gasteiger partial charge in [0.2, 0.25) is 0 Å². The number of benzene rings is 3. The van der Waals surface area contributed by atoms with E-state index >= 15 is 0 Å². The predicted octanol–water partition coefficient (Wildman–Crippen LogP) is 1.42. The first-order chi connectivity index (χ1) is 22.2. The molecule has 0 aromatic heterocycles. The van der Waals surface area contributed by atoms with Gasteiger partial charge in [0.15, 0.2) is 46.1 Å². The third-order valence-electron chi connectivity index (χ3n) is 8.01. The number of carboxylic acids is 1. The zero-order chi connectivity index (χ0) is 34.5. The molecule has 0 aliphatic heterocycles. The number of carboxylic acid groups (broad SMARTS) is 1. The number of ketones is 1. The van der Waals surface area contributed by atoms with Crippen LogP contribution in [0.4, 0.5) is 0 Å². The topological polar surface area (TPSA) is 249 Å². The molecule has 0 saturated heterocycles. The normalized spacial score (nSPS) is 24.0. The fourth-order valence-corrected chi connectivity index (χ4v) is 5.47. The molecule has 0 amide bonds. The van der Waals surface area contributed by atoms with Crippen LogP contribution in [-0.4, -0.2) is 94.6 Å². The molecule has 0 heterocycles. The minimum atomic E-state index is -2.79. The Bertz CT molecular complexity index is 1690. The van der Waals surface area contributed by atoms with Gasteiger partial charge in [-0.1, -0.05) is 36.4 Å². The second kappa shape index (κ2) is 13.9. The highest BCUT2D eigenvalue weighted by molar-refractivity contribution is 6.06. The largest absolute Gasteiger partial charge is 0.504 e. The summed E-state index contributed by atoms with van der Waals surface area (Å²) in [5.74, 6) is -9.00. The average Bonchev–Trinajstić information content (AvgIpc) is 3.03. The lowest BCUT2D eigenvalue weighted by Crippen LogP contribution is -2.72. The van der Waals surface area contributed by atoms with Crippen LogP contribution in [-0.2, 0) is 30.3 Å². The van der Waals surface area contributed by atoms with E-state index in [4.69, 9.17) is 9.47 Å². The molecule has 0 bridgehead atoms. The Hall–Kier alpha value is -5.44. The minimum Gasteiger partial charge on any atom is -0.504 e. The van der Waals surface area contributed by atoms with E-state index in [1.54, 1.807) is 30.3 Å². The maximum atomic E-state index is 13.2. The highest BCUT2D eigenvalue weighted by Crippen LogP contribution is 2.46. The second-order valence-corrected chi connectivity index (χ2v) is 11.1. The quantitative estimate of drug-likeness (QED) is 0.0480. The average molecular weight is 653 g/mol. The van der Waals surface area contributed by atoms with E-state index in [2.05, 4.69) is 0 Å². The summed E-state index contributed by atoms with van der Waals surface area (Å²) >= 11 is 0. The number of carbonyl (C=O) groups excluding carboxylic acids is 3. The molecular weight excluding hydrogens is 620 g/mol. The van der Waals surface area contributed by atoms with Gasteiger partial charge in [-0.05, 0) is 54.0 Å². The molecule has 3 aromatic rings. The molecule has 14 heteroatoms. The second-order valence-electron chi connectivity index (χ2n) is 11.1. The first kappa shape index (κ1) is 34.4. The van der Waals surface area contributed by atoms with E-state index in [9.17, 15) is 60.0 Å². The highest BCUT2D eigenvalue weighted by Gasteiger charge is 2.66. The van der Waals surface area contributed by atoms with E-state index in [1.807, 2.05) is 0 Å². The van der Waals surface area contributed by atoms with E-state index < -0.39 is 95.5 Å². The summed E-state index contributed by atoms with van der Waals surface area (Å²) in [7, 11) is 0. The number of aromatic hydroxyl groups is 4. The lowest BCUT2D eigenvalue weighted by molar-refractivity contribution is -0.267. The Morgan fingerprint density at radius 1 is 0.872 bits per heavy atom. The van der Waals surface area contributed by atoms with Gasteiger partial charge in [0.05, 0.1) is 6.61 Å². The van der Waals surface area contributed by atoms with Gasteiger partial charge in [0.1, 0.15) is 12.5 Å². The molecule has 248 valence electrons. The van der Waals surface area contributed by atoms with Crippen molar-refractivity contribution in [2.45, 2.75) is 42.7 Å². The van der Waals surface area contributed by atoms with Gasteiger partial charge in [-0.2, -0.15) is 0 Å². The van der Waals surface area contributed by atoms with E-state index in [0.29, 0.717) is 5.56 Å². The molecular formula is C33H32O14. The van der Waals surface area contributed by atoms with Crippen molar-refractivity contribution in [2.24, 2.45) is 5.92 Å². The number of aliphatic hydroxyl groups is 3. The van der Waals surface area contributed by atoms with Crippen molar-refractivity contribution in [2.75, 3.05) is 6.61 Å². The SMILES string of the molecule is O=C(C=Cc1ccc(O)c(O)c1)OC1(CO)C(O)CC(O)(C(=O)O)C(Cc2ccccc2)C1OC(=O)CC(=O)c1ccc(O)c(O)c1. The van der Waals surface area contributed by atoms with Crippen molar-refractivity contribution < 1.29 is 69.5 Å². The molecule has 1 fully saturated rings. The highest BCUT2D eigenvalue weighted by atomic mass is 16.6. The van der Waals surface area contributed by atoms with Gasteiger partial charge in [-0.25, -0.2) is 9.59 Å². The number of carbonyl (C=O) groups is 4. The van der Waals surface area contributed by atoms with Crippen molar-refractivity contribution >= 4 is 29.8 Å². The number of Topliss-reactive ketones (excluding diaryl/α,β-unsaturated/α-hetero) is 1. The number of aliphatic hydroxyl groups excluding tert-OH is 2. The Kier molecular flexibility index (Phi) is 10.2. The van der Waals surface area contributed by atoms with Crippen LogP contribution in [0.3, 0.4) is 0 Å². The van der Waals surface area contributed by atoms with Gasteiger partial charge in [-0.3, -0.25) is 9.59 Å². The van der Waals surface area contributed by atoms with Crippen LogP contribution in [0.2, 0.25) is 0 Å². The van der Waals surface area contributed by atoms with Crippen LogP contribution in [0.25, 0.3) is 6.08 Å². The first-order valence-electron chi connectivity index (χ1n) is 14.2. The maximum Gasteiger partial charge on any atom is 0.336 e. The van der Waals surface area contributed by atoms with E-state index in [1.165, 1.54) is 6.07 Å². The third kappa shape index (κ3) is 7.35. The summed E-state index contributed by atoms with van der Waals surface area (Å²) in [5, 5.41) is 82.0. The van der Waals surface area contributed by atoms with E-state index in [-0.39, 0.29) is 17.5 Å². The number of ether oxygens (including phenoxy) is 2. The summed E-state index contributed by atoms with van der Waals surface area (Å²) in [4.78, 5) is 51.7.